The molecular formula is C16H21NO3. The highest BCUT2D eigenvalue weighted by atomic mass is 16.5. The maximum atomic E-state index is 10.5. The van der Waals surface area contributed by atoms with E-state index in [-0.39, 0.29) is 5.41 Å². The molecule has 3 N–H and O–H groups in total. The number of benzene rings is 1. The average molecular weight is 275 g/mol. The van der Waals surface area contributed by atoms with Crippen molar-refractivity contribution in [1.82, 2.24) is 0 Å². The molecule has 0 aromatic heterocycles. The first-order valence-corrected chi connectivity index (χ1v) is 7.64. The summed E-state index contributed by atoms with van der Waals surface area (Å²) in [6.07, 6.45) is 6.02. The molecule has 0 spiro atoms. The van der Waals surface area contributed by atoms with Gasteiger partial charge in [0.05, 0.1) is 13.2 Å². The normalized spacial score (nSPS) is 22.2. The predicted molar refractivity (Wildman–Crippen MR) is 75.7 cm³/mol. The van der Waals surface area contributed by atoms with E-state index in [2.05, 4.69) is 0 Å². The standard InChI is InChI=1S/C16H21NO3/c17-9-16(5-6-16)12-10-3-1-8-20-15(10)13(18)11-4-2-7-19-14(11)12/h18H,1-9,17H2. The van der Waals surface area contributed by atoms with Gasteiger partial charge in [0.2, 0.25) is 0 Å². The molecule has 0 unspecified atom stereocenters. The van der Waals surface area contributed by atoms with Crippen molar-refractivity contribution in [1.29, 1.82) is 0 Å². The minimum atomic E-state index is 0.0694. The number of phenols is 1. The Morgan fingerprint density at radius 2 is 1.65 bits per heavy atom. The Bertz CT molecular complexity index is 526. The van der Waals surface area contributed by atoms with Crippen LogP contribution in [0.25, 0.3) is 0 Å². The Kier molecular flexibility index (Phi) is 2.64. The average Bonchev–Trinajstić information content (AvgIpc) is 3.29. The molecule has 4 rings (SSSR count). The first-order valence-electron chi connectivity index (χ1n) is 7.64. The van der Waals surface area contributed by atoms with Crippen molar-refractivity contribution < 1.29 is 14.6 Å². The minimum Gasteiger partial charge on any atom is -0.504 e. The Hall–Kier alpha value is -1.42. The van der Waals surface area contributed by atoms with Gasteiger partial charge in [0.1, 0.15) is 5.75 Å². The summed E-state index contributed by atoms with van der Waals surface area (Å²) in [5.41, 5.74) is 9.45. The van der Waals surface area contributed by atoms with E-state index in [9.17, 15) is 5.11 Å². The number of phenolic OH excluding ortho intramolecular Hbond substituents is 1. The summed E-state index contributed by atoms with van der Waals surface area (Å²) in [6.45, 7) is 2.08. The Morgan fingerprint density at radius 1 is 1.00 bits per heavy atom. The van der Waals surface area contributed by atoms with Gasteiger partial charge in [-0.05, 0) is 38.5 Å². The van der Waals surface area contributed by atoms with Crippen molar-refractivity contribution in [3.05, 3.63) is 16.7 Å². The fourth-order valence-corrected chi connectivity index (χ4v) is 3.69. The molecule has 3 aliphatic rings. The highest BCUT2D eigenvalue weighted by Gasteiger charge is 2.48. The van der Waals surface area contributed by atoms with E-state index in [4.69, 9.17) is 15.2 Å². The van der Waals surface area contributed by atoms with Gasteiger partial charge in [0.15, 0.2) is 11.5 Å². The first kappa shape index (κ1) is 12.3. The molecule has 2 aliphatic heterocycles. The number of rotatable bonds is 2. The van der Waals surface area contributed by atoms with Crippen molar-refractivity contribution in [2.24, 2.45) is 5.73 Å². The molecule has 108 valence electrons. The van der Waals surface area contributed by atoms with E-state index in [1.54, 1.807) is 0 Å². The van der Waals surface area contributed by atoms with Gasteiger partial charge in [0, 0.05) is 28.7 Å². The van der Waals surface area contributed by atoms with Gasteiger partial charge < -0.3 is 20.3 Å². The van der Waals surface area contributed by atoms with E-state index >= 15 is 0 Å². The molecule has 4 heteroatoms. The molecule has 0 saturated heterocycles. The van der Waals surface area contributed by atoms with Crippen LogP contribution in [0.5, 0.6) is 17.2 Å². The van der Waals surface area contributed by atoms with Gasteiger partial charge >= 0.3 is 0 Å². The first-order chi connectivity index (χ1) is 9.77. The third-order valence-electron chi connectivity index (χ3n) is 4.99. The second-order valence-electron chi connectivity index (χ2n) is 6.23. The van der Waals surface area contributed by atoms with E-state index in [1.165, 1.54) is 5.56 Å². The van der Waals surface area contributed by atoms with Crippen LogP contribution in [0.2, 0.25) is 0 Å². The number of aromatic hydroxyl groups is 1. The molecule has 1 aliphatic carbocycles. The lowest BCUT2D eigenvalue weighted by Gasteiger charge is -2.31. The predicted octanol–water partition coefficient (Wildman–Crippen LogP) is 2.03. The summed E-state index contributed by atoms with van der Waals surface area (Å²) in [7, 11) is 0. The highest BCUT2D eigenvalue weighted by Crippen LogP contribution is 2.58. The van der Waals surface area contributed by atoms with Crippen LogP contribution < -0.4 is 15.2 Å². The maximum absolute atomic E-state index is 10.5. The Morgan fingerprint density at radius 3 is 2.30 bits per heavy atom. The largest absolute Gasteiger partial charge is 0.504 e. The lowest BCUT2D eigenvalue weighted by molar-refractivity contribution is 0.251. The maximum Gasteiger partial charge on any atom is 0.164 e. The summed E-state index contributed by atoms with van der Waals surface area (Å²) >= 11 is 0. The van der Waals surface area contributed by atoms with Crippen LogP contribution in [0.4, 0.5) is 0 Å². The molecule has 1 fully saturated rings. The second kappa shape index (κ2) is 4.29. The van der Waals surface area contributed by atoms with Crippen LogP contribution in [0, 0.1) is 0 Å². The van der Waals surface area contributed by atoms with Crippen molar-refractivity contribution in [3.63, 3.8) is 0 Å². The Balaban J connectivity index is 1.99. The topological polar surface area (TPSA) is 64.7 Å². The van der Waals surface area contributed by atoms with E-state index in [0.717, 1.165) is 62.0 Å². The molecule has 2 heterocycles. The van der Waals surface area contributed by atoms with E-state index in [1.807, 2.05) is 0 Å². The summed E-state index contributed by atoms with van der Waals surface area (Å²) in [5, 5.41) is 10.5. The molecule has 1 aromatic rings. The van der Waals surface area contributed by atoms with Crippen LogP contribution in [0.1, 0.15) is 42.4 Å². The van der Waals surface area contributed by atoms with Crippen LogP contribution >= 0.6 is 0 Å². The van der Waals surface area contributed by atoms with Crippen molar-refractivity contribution >= 4 is 0 Å². The van der Waals surface area contributed by atoms with Crippen molar-refractivity contribution in [3.8, 4) is 17.2 Å². The zero-order valence-corrected chi connectivity index (χ0v) is 11.7. The second-order valence-corrected chi connectivity index (χ2v) is 6.23. The minimum absolute atomic E-state index is 0.0694. The summed E-state index contributed by atoms with van der Waals surface area (Å²) in [5.74, 6) is 1.93. The monoisotopic (exact) mass is 275 g/mol. The Labute approximate surface area is 118 Å². The molecule has 0 radical (unpaired) electrons. The molecular weight excluding hydrogens is 254 g/mol. The molecule has 0 bridgehead atoms. The molecule has 1 saturated carbocycles. The third-order valence-corrected chi connectivity index (χ3v) is 4.99. The van der Waals surface area contributed by atoms with Crippen LogP contribution in [-0.2, 0) is 18.3 Å². The SMILES string of the molecule is NCC1(c2c3c(c(O)c4c2OCCC4)OCCC3)CC1. The fraction of sp³-hybridized carbons (Fsp3) is 0.625. The number of hydrogen-bond acceptors (Lipinski definition) is 4. The zero-order valence-electron chi connectivity index (χ0n) is 11.7. The van der Waals surface area contributed by atoms with Gasteiger partial charge in [0.25, 0.3) is 0 Å². The summed E-state index contributed by atoms with van der Waals surface area (Å²) in [6, 6.07) is 0. The summed E-state index contributed by atoms with van der Waals surface area (Å²) in [4.78, 5) is 0. The molecule has 1 aromatic carbocycles. The van der Waals surface area contributed by atoms with Gasteiger partial charge in [-0.2, -0.15) is 0 Å². The van der Waals surface area contributed by atoms with E-state index < -0.39 is 0 Å². The smallest absolute Gasteiger partial charge is 0.164 e. The highest BCUT2D eigenvalue weighted by molar-refractivity contribution is 5.66. The lowest BCUT2D eigenvalue weighted by atomic mass is 9.83. The molecule has 20 heavy (non-hydrogen) atoms. The number of ether oxygens (including phenoxy) is 2. The van der Waals surface area contributed by atoms with Crippen LogP contribution in [0.3, 0.4) is 0 Å². The molecule has 0 atom stereocenters. The third kappa shape index (κ3) is 1.57. The number of hydrogen-bond donors (Lipinski definition) is 2. The molecule has 0 amide bonds. The van der Waals surface area contributed by atoms with Gasteiger partial charge in [-0.3, -0.25) is 0 Å². The van der Waals surface area contributed by atoms with Crippen LogP contribution in [0.15, 0.2) is 0 Å². The van der Waals surface area contributed by atoms with E-state index in [0.29, 0.717) is 24.7 Å². The van der Waals surface area contributed by atoms with Crippen molar-refractivity contribution in [2.75, 3.05) is 19.8 Å². The molecule has 4 nitrogen and oxygen atoms in total. The fourth-order valence-electron chi connectivity index (χ4n) is 3.69. The van der Waals surface area contributed by atoms with Gasteiger partial charge in [-0.25, -0.2) is 0 Å². The van der Waals surface area contributed by atoms with Gasteiger partial charge in [-0.1, -0.05) is 0 Å². The van der Waals surface area contributed by atoms with Crippen LogP contribution in [-0.4, -0.2) is 24.9 Å². The summed E-state index contributed by atoms with van der Waals surface area (Å²) < 4.78 is 11.7. The quantitative estimate of drug-likeness (QED) is 0.867. The number of nitrogens with two attached hydrogens (primary N) is 1. The lowest BCUT2D eigenvalue weighted by Crippen LogP contribution is -2.26. The zero-order chi connectivity index (χ0) is 13.7. The number of fused-ring (bicyclic) bond motifs is 2. The van der Waals surface area contributed by atoms with Gasteiger partial charge in [-0.15, -0.1) is 0 Å². The van der Waals surface area contributed by atoms with Crippen molar-refractivity contribution in [2.45, 2.75) is 43.9 Å².